The zero-order valence-electron chi connectivity index (χ0n) is 24.7. The number of rotatable bonds is 7. The van der Waals surface area contributed by atoms with Gasteiger partial charge < -0.3 is 10.1 Å². The fourth-order valence-corrected chi connectivity index (χ4v) is 7.28. The van der Waals surface area contributed by atoms with Gasteiger partial charge in [-0.25, -0.2) is 4.99 Å². The van der Waals surface area contributed by atoms with Crippen LogP contribution in [0.1, 0.15) is 59.1 Å². The van der Waals surface area contributed by atoms with E-state index in [9.17, 15) is 4.79 Å². The molecule has 1 N–H and O–H groups in total. The summed E-state index contributed by atoms with van der Waals surface area (Å²) >= 11 is 5.16. The quantitative estimate of drug-likeness (QED) is 0.178. The zero-order chi connectivity index (χ0) is 30.0. The molecule has 6 heteroatoms. The number of amides is 1. The van der Waals surface area contributed by atoms with Crippen molar-refractivity contribution in [3.05, 3.63) is 123 Å². The van der Waals surface area contributed by atoms with Crippen LogP contribution in [0, 0.1) is 11.3 Å². The summed E-state index contributed by atoms with van der Waals surface area (Å²) in [6.07, 6.45) is 4.81. The lowest BCUT2D eigenvalue weighted by Gasteiger charge is -2.33. The summed E-state index contributed by atoms with van der Waals surface area (Å²) in [6, 6.07) is 30.2. The molecule has 1 atom stereocenters. The van der Waals surface area contributed by atoms with Crippen molar-refractivity contribution >= 4 is 60.8 Å². The molecule has 0 spiro atoms. The van der Waals surface area contributed by atoms with Gasteiger partial charge in [-0.3, -0.25) is 4.79 Å². The number of anilines is 1. The zero-order valence-corrected chi connectivity index (χ0v) is 27.1. The average molecular weight is 652 g/mol. The first kappa shape index (κ1) is 29.3. The number of carbonyl (C=O) groups is 1. The Morgan fingerprint density at radius 1 is 1.00 bits per heavy atom. The summed E-state index contributed by atoms with van der Waals surface area (Å²) < 4.78 is 7.40. The number of ether oxygens (including phenoxy) is 1. The Kier molecular flexibility index (Phi) is 8.51. The first-order valence-electron chi connectivity index (χ1n) is 14.7. The summed E-state index contributed by atoms with van der Waals surface area (Å²) in [5.41, 5.74) is 4.83. The van der Waals surface area contributed by atoms with Crippen LogP contribution in [0.5, 0.6) is 5.75 Å². The van der Waals surface area contributed by atoms with Gasteiger partial charge in [0, 0.05) is 26.8 Å². The first-order valence-corrected chi connectivity index (χ1v) is 16.3. The van der Waals surface area contributed by atoms with Crippen molar-refractivity contribution in [2.75, 3.05) is 5.32 Å². The van der Waals surface area contributed by atoms with E-state index in [0.29, 0.717) is 18.1 Å². The lowest BCUT2D eigenvalue weighted by Crippen LogP contribution is -2.27. The molecule has 0 saturated heterocycles. The number of carbonyl (C=O) groups excluding carboxylic acids is 1. The van der Waals surface area contributed by atoms with Gasteiger partial charge in [-0.2, -0.15) is 0 Å². The molecule has 43 heavy (non-hydrogen) atoms. The standard InChI is InChI=1S/C37H35BrN2O2S/c1-37(2,3)26-16-19-30-33(21-26)43-36(34(30)35(41)40-28-10-5-4-6-11-28)39-22-31-29-12-8-7-9-25(29)15-20-32(31)42-23-24-13-17-27(38)18-14-24/h4-15,17-18,20,22,26H,16,19,21,23H2,1-3H3,(H,40,41)/t26-/m1/s1. The van der Waals surface area contributed by atoms with Crippen LogP contribution in [-0.2, 0) is 19.4 Å². The predicted molar refractivity (Wildman–Crippen MR) is 183 cm³/mol. The minimum Gasteiger partial charge on any atom is -0.488 e. The third-order valence-corrected chi connectivity index (χ3v) is 9.97. The summed E-state index contributed by atoms with van der Waals surface area (Å²) in [4.78, 5) is 20.1. The van der Waals surface area contributed by atoms with Gasteiger partial charge in [0.1, 0.15) is 17.4 Å². The highest BCUT2D eigenvalue weighted by molar-refractivity contribution is 9.10. The third kappa shape index (κ3) is 6.61. The molecular formula is C37H35BrN2O2S. The summed E-state index contributed by atoms with van der Waals surface area (Å²) in [6.45, 7) is 7.39. The van der Waals surface area contributed by atoms with Crippen LogP contribution < -0.4 is 10.1 Å². The van der Waals surface area contributed by atoms with E-state index in [1.54, 1.807) is 11.3 Å². The van der Waals surface area contributed by atoms with Gasteiger partial charge in [0.15, 0.2) is 0 Å². The van der Waals surface area contributed by atoms with E-state index in [1.165, 1.54) is 4.88 Å². The molecule has 0 bridgehead atoms. The van der Waals surface area contributed by atoms with Gasteiger partial charge in [-0.1, -0.05) is 97.4 Å². The van der Waals surface area contributed by atoms with Crippen molar-refractivity contribution in [3.8, 4) is 5.75 Å². The molecule has 6 rings (SSSR count). The van der Waals surface area contributed by atoms with E-state index in [-0.39, 0.29) is 11.3 Å². The van der Waals surface area contributed by atoms with Gasteiger partial charge in [0.2, 0.25) is 0 Å². The van der Waals surface area contributed by atoms with Gasteiger partial charge >= 0.3 is 0 Å². The lowest BCUT2D eigenvalue weighted by atomic mass is 9.72. The molecule has 0 radical (unpaired) electrons. The van der Waals surface area contributed by atoms with Crippen LogP contribution in [0.25, 0.3) is 10.8 Å². The Labute approximate surface area is 266 Å². The lowest BCUT2D eigenvalue weighted by molar-refractivity contribution is 0.102. The monoisotopic (exact) mass is 650 g/mol. The van der Waals surface area contributed by atoms with Crippen molar-refractivity contribution in [1.82, 2.24) is 0 Å². The van der Waals surface area contributed by atoms with Crippen LogP contribution in [0.2, 0.25) is 0 Å². The Balaban J connectivity index is 1.39. The Hall–Kier alpha value is -3.74. The molecule has 1 aliphatic carbocycles. The number of aliphatic imine (C=N–C) groups is 1. The van der Waals surface area contributed by atoms with Gasteiger partial charge in [0.25, 0.3) is 5.91 Å². The Morgan fingerprint density at radius 2 is 1.74 bits per heavy atom. The summed E-state index contributed by atoms with van der Waals surface area (Å²) in [5, 5.41) is 6.04. The maximum Gasteiger partial charge on any atom is 0.259 e. The predicted octanol–water partition coefficient (Wildman–Crippen LogP) is 10.4. The normalized spacial score (nSPS) is 15.0. The molecule has 4 aromatic carbocycles. The Bertz CT molecular complexity index is 1790. The molecule has 5 aromatic rings. The van der Waals surface area contributed by atoms with Gasteiger partial charge in [-0.15, -0.1) is 11.3 Å². The topological polar surface area (TPSA) is 50.7 Å². The van der Waals surface area contributed by atoms with Crippen LogP contribution in [0.15, 0.2) is 100 Å². The van der Waals surface area contributed by atoms with E-state index in [4.69, 9.17) is 9.73 Å². The molecule has 0 fully saturated rings. The van der Waals surface area contributed by atoms with Crippen molar-refractivity contribution in [2.24, 2.45) is 16.3 Å². The fraction of sp³-hybridized carbons (Fsp3) is 0.243. The fourth-order valence-electron chi connectivity index (χ4n) is 5.75. The molecule has 1 aliphatic rings. The number of benzene rings is 4. The van der Waals surface area contributed by atoms with E-state index in [0.717, 1.165) is 67.6 Å². The SMILES string of the molecule is CC(C)(C)[C@@H]1CCc2c(sc(N=Cc3c(OCc4ccc(Br)cc4)ccc4ccccc34)c2C(=O)Nc2ccccc2)C1. The number of hydrogen-bond acceptors (Lipinski definition) is 4. The van der Waals surface area contributed by atoms with E-state index in [1.807, 2.05) is 66.9 Å². The molecular weight excluding hydrogens is 616 g/mol. The summed E-state index contributed by atoms with van der Waals surface area (Å²) in [7, 11) is 0. The first-order chi connectivity index (χ1) is 20.8. The molecule has 1 aromatic heterocycles. The second-order valence-electron chi connectivity index (χ2n) is 12.2. The van der Waals surface area contributed by atoms with E-state index in [2.05, 4.69) is 72.3 Å². The number of nitrogens with one attached hydrogen (secondary N) is 1. The van der Waals surface area contributed by atoms with Crippen molar-refractivity contribution in [3.63, 3.8) is 0 Å². The Morgan fingerprint density at radius 3 is 2.51 bits per heavy atom. The number of hydrogen-bond donors (Lipinski definition) is 1. The highest BCUT2D eigenvalue weighted by Gasteiger charge is 2.33. The van der Waals surface area contributed by atoms with Crippen molar-refractivity contribution in [2.45, 2.75) is 46.6 Å². The second-order valence-corrected chi connectivity index (χ2v) is 14.2. The average Bonchev–Trinajstić information content (AvgIpc) is 3.38. The molecule has 4 nitrogen and oxygen atoms in total. The largest absolute Gasteiger partial charge is 0.488 e. The summed E-state index contributed by atoms with van der Waals surface area (Å²) in [5.74, 6) is 1.22. The molecule has 0 unspecified atom stereocenters. The van der Waals surface area contributed by atoms with Crippen molar-refractivity contribution in [1.29, 1.82) is 0 Å². The minimum absolute atomic E-state index is 0.102. The molecule has 0 saturated carbocycles. The third-order valence-electron chi connectivity index (χ3n) is 8.28. The van der Waals surface area contributed by atoms with Gasteiger partial charge in [0.05, 0.1) is 5.56 Å². The maximum atomic E-state index is 13.8. The highest BCUT2D eigenvalue weighted by Crippen LogP contribution is 2.45. The highest BCUT2D eigenvalue weighted by atomic mass is 79.9. The minimum atomic E-state index is -0.102. The second kappa shape index (κ2) is 12.5. The molecule has 218 valence electrons. The van der Waals surface area contributed by atoms with Crippen LogP contribution in [0.3, 0.4) is 0 Å². The van der Waals surface area contributed by atoms with Crippen LogP contribution in [-0.4, -0.2) is 12.1 Å². The van der Waals surface area contributed by atoms with E-state index < -0.39 is 0 Å². The van der Waals surface area contributed by atoms with Gasteiger partial charge in [-0.05, 0) is 82.8 Å². The smallest absolute Gasteiger partial charge is 0.259 e. The van der Waals surface area contributed by atoms with E-state index >= 15 is 0 Å². The number of thiophene rings is 1. The molecule has 1 amide bonds. The molecule has 1 heterocycles. The number of para-hydroxylation sites is 1. The van der Waals surface area contributed by atoms with Crippen LogP contribution >= 0.6 is 27.3 Å². The van der Waals surface area contributed by atoms with Crippen LogP contribution in [0.4, 0.5) is 10.7 Å². The number of fused-ring (bicyclic) bond motifs is 2. The number of halogens is 1. The maximum absolute atomic E-state index is 13.8. The molecule has 0 aliphatic heterocycles. The number of nitrogens with zero attached hydrogens (tertiary/aromatic N) is 1. The van der Waals surface area contributed by atoms with Crippen molar-refractivity contribution < 1.29 is 9.53 Å².